The van der Waals surface area contributed by atoms with Gasteiger partial charge < -0.3 is 10.1 Å². The number of hydrogen-bond donors (Lipinski definition) is 1. The van der Waals surface area contributed by atoms with Crippen LogP contribution in [0.1, 0.15) is 0 Å². The van der Waals surface area contributed by atoms with Crippen molar-refractivity contribution in [1.82, 2.24) is 9.97 Å². The van der Waals surface area contributed by atoms with Gasteiger partial charge in [-0.1, -0.05) is 0 Å². The van der Waals surface area contributed by atoms with Crippen LogP contribution in [0.5, 0.6) is 5.75 Å². The highest BCUT2D eigenvalue weighted by Gasteiger charge is 2.08. The summed E-state index contributed by atoms with van der Waals surface area (Å²) in [6.45, 7) is 0. The second-order valence-corrected chi connectivity index (χ2v) is 5.20. The first kappa shape index (κ1) is 13.3. The molecule has 0 spiro atoms. The molecule has 0 bridgehead atoms. The van der Waals surface area contributed by atoms with Gasteiger partial charge in [0.15, 0.2) is 5.82 Å². The zero-order chi connectivity index (χ0) is 13.1. The van der Waals surface area contributed by atoms with Crippen LogP contribution in [-0.2, 0) is 0 Å². The molecular formula is C12H11Br2N3O. The predicted octanol–water partition coefficient (Wildman–Crippen LogP) is 3.72. The van der Waals surface area contributed by atoms with Gasteiger partial charge in [-0.15, -0.1) is 0 Å². The molecule has 0 unspecified atom stereocenters. The highest BCUT2D eigenvalue weighted by molar-refractivity contribution is 9.11. The predicted molar refractivity (Wildman–Crippen MR) is 79.0 cm³/mol. The fourth-order valence-corrected chi connectivity index (χ4v) is 2.42. The van der Waals surface area contributed by atoms with E-state index in [2.05, 4.69) is 47.1 Å². The second-order valence-electron chi connectivity index (χ2n) is 3.49. The highest BCUT2D eigenvalue weighted by atomic mass is 79.9. The van der Waals surface area contributed by atoms with Crippen LogP contribution >= 0.6 is 31.9 Å². The number of hydrogen-bond acceptors (Lipinski definition) is 4. The molecule has 1 heterocycles. The molecule has 0 saturated heterocycles. The average molecular weight is 373 g/mol. The van der Waals surface area contributed by atoms with Crippen molar-refractivity contribution in [2.45, 2.75) is 0 Å². The van der Waals surface area contributed by atoms with Crippen LogP contribution in [0, 0.1) is 0 Å². The standard InChI is InChI=1S/C12H11Br2N3O/c1-15-12-9(14)6-16-11(17-12)7-3-4-10(18-2)8(13)5-7/h3-6H,1-2H3,(H,15,16,17). The van der Waals surface area contributed by atoms with E-state index in [0.717, 1.165) is 26.1 Å². The molecular weight excluding hydrogens is 362 g/mol. The fraction of sp³-hybridized carbons (Fsp3) is 0.167. The number of anilines is 1. The van der Waals surface area contributed by atoms with Crippen molar-refractivity contribution >= 4 is 37.7 Å². The molecule has 0 atom stereocenters. The maximum atomic E-state index is 5.19. The molecule has 0 aliphatic heterocycles. The van der Waals surface area contributed by atoms with E-state index in [1.165, 1.54) is 0 Å². The Balaban J connectivity index is 2.45. The lowest BCUT2D eigenvalue weighted by molar-refractivity contribution is 0.412. The molecule has 0 saturated carbocycles. The van der Waals surface area contributed by atoms with Crippen LogP contribution in [-0.4, -0.2) is 24.1 Å². The largest absolute Gasteiger partial charge is 0.496 e. The third-order valence-electron chi connectivity index (χ3n) is 2.39. The topological polar surface area (TPSA) is 47.0 Å². The third-order valence-corrected chi connectivity index (χ3v) is 3.59. The van der Waals surface area contributed by atoms with Gasteiger partial charge in [-0.3, -0.25) is 0 Å². The number of ether oxygens (including phenoxy) is 1. The van der Waals surface area contributed by atoms with E-state index in [1.54, 1.807) is 13.3 Å². The summed E-state index contributed by atoms with van der Waals surface area (Å²) < 4.78 is 6.90. The van der Waals surface area contributed by atoms with E-state index in [-0.39, 0.29) is 0 Å². The molecule has 0 aliphatic rings. The van der Waals surface area contributed by atoms with E-state index < -0.39 is 0 Å². The average Bonchev–Trinajstić information content (AvgIpc) is 2.39. The van der Waals surface area contributed by atoms with Crippen molar-refractivity contribution in [2.75, 3.05) is 19.5 Å². The van der Waals surface area contributed by atoms with Gasteiger partial charge in [-0.05, 0) is 50.1 Å². The lowest BCUT2D eigenvalue weighted by Crippen LogP contribution is -1.97. The molecule has 1 N–H and O–H groups in total. The van der Waals surface area contributed by atoms with E-state index in [1.807, 2.05) is 25.2 Å². The molecule has 94 valence electrons. The van der Waals surface area contributed by atoms with Crippen molar-refractivity contribution in [3.05, 3.63) is 33.3 Å². The maximum absolute atomic E-state index is 5.19. The monoisotopic (exact) mass is 371 g/mol. The first-order valence-corrected chi connectivity index (χ1v) is 6.78. The summed E-state index contributed by atoms with van der Waals surface area (Å²) in [5.41, 5.74) is 0.923. The highest BCUT2D eigenvalue weighted by Crippen LogP contribution is 2.30. The minimum Gasteiger partial charge on any atom is -0.496 e. The molecule has 6 heteroatoms. The first-order valence-electron chi connectivity index (χ1n) is 5.20. The summed E-state index contributed by atoms with van der Waals surface area (Å²) in [6, 6.07) is 5.73. The SMILES string of the molecule is CNc1nc(-c2ccc(OC)c(Br)c2)ncc1Br. The molecule has 2 aromatic rings. The molecule has 18 heavy (non-hydrogen) atoms. The van der Waals surface area contributed by atoms with Crippen molar-refractivity contribution in [3.8, 4) is 17.1 Å². The molecule has 0 amide bonds. The zero-order valence-corrected chi connectivity index (χ0v) is 13.0. The number of methoxy groups -OCH3 is 1. The van der Waals surface area contributed by atoms with E-state index in [0.29, 0.717) is 5.82 Å². The Hall–Kier alpha value is -1.14. The fourth-order valence-electron chi connectivity index (χ4n) is 1.49. The van der Waals surface area contributed by atoms with Gasteiger partial charge in [-0.2, -0.15) is 0 Å². The molecule has 1 aromatic carbocycles. The maximum Gasteiger partial charge on any atom is 0.161 e. The normalized spacial score (nSPS) is 10.2. The molecule has 0 aliphatic carbocycles. The Morgan fingerprint density at radius 2 is 2.00 bits per heavy atom. The van der Waals surface area contributed by atoms with Crippen LogP contribution < -0.4 is 10.1 Å². The lowest BCUT2D eigenvalue weighted by Gasteiger charge is -2.07. The van der Waals surface area contributed by atoms with Gasteiger partial charge in [0.1, 0.15) is 11.6 Å². The van der Waals surface area contributed by atoms with Crippen LogP contribution in [0.3, 0.4) is 0 Å². The third kappa shape index (κ3) is 2.64. The summed E-state index contributed by atoms with van der Waals surface area (Å²) in [4.78, 5) is 8.72. The van der Waals surface area contributed by atoms with E-state index in [9.17, 15) is 0 Å². The number of halogens is 2. The van der Waals surface area contributed by atoms with Gasteiger partial charge in [0.2, 0.25) is 0 Å². The summed E-state index contributed by atoms with van der Waals surface area (Å²) in [7, 11) is 3.45. The van der Waals surface area contributed by atoms with Crippen LogP contribution in [0.15, 0.2) is 33.3 Å². The molecule has 4 nitrogen and oxygen atoms in total. The lowest BCUT2D eigenvalue weighted by atomic mass is 10.2. The smallest absolute Gasteiger partial charge is 0.161 e. The number of benzene rings is 1. The van der Waals surface area contributed by atoms with Crippen LogP contribution in [0.4, 0.5) is 5.82 Å². The van der Waals surface area contributed by atoms with Gasteiger partial charge in [0.05, 0.1) is 16.1 Å². The van der Waals surface area contributed by atoms with Crippen LogP contribution in [0.25, 0.3) is 11.4 Å². The number of nitrogens with zero attached hydrogens (tertiary/aromatic N) is 2. The quantitative estimate of drug-likeness (QED) is 0.891. The summed E-state index contributed by atoms with van der Waals surface area (Å²) in [6.07, 6.45) is 1.73. The number of nitrogens with one attached hydrogen (secondary N) is 1. The zero-order valence-electron chi connectivity index (χ0n) is 9.87. The Labute approximate surface area is 122 Å². The Morgan fingerprint density at radius 1 is 1.22 bits per heavy atom. The van der Waals surface area contributed by atoms with E-state index >= 15 is 0 Å². The minimum atomic E-state index is 0.658. The Kier molecular flexibility index (Phi) is 4.19. The van der Waals surface area contributed by atoms with Gasteiger partial charge in [0, 0.05) is 18.8 Å². The van der Waals surface area contributed by atoms with Crippen molar-refractivity contribution in [3.63, 3.8) is 0 Å². The molecule has 0 fully saturated rings. The van der Waals surface area contributed by atoms with Crippen molar-refractivity contribution in [1.29, 1.82) is 0 Å². The Morgan fingerprint density at radius 3 is 2.61 bits per heavy atom. The van der Waals surface area contributed by atoms with Gasteiger partial charge >= 0.3 is 0 Å². The first-order chi connectivity index (χ1) is 8.65. The van der Waals surface area contributed by atoms with Gasteiger partial charge in [0.25, 0.3) is 0 Å². The molecule has 0 radical (unpaired) electrons. The Bertz CT molecular complexity index is 575. The van der Waals surface area contributed by atoms with Crippen molar-refractivity contribution < 1.29 is 4.74 Å². The minimum absolute atomic E-state index is 0.658. The summed E-state index contributed by atoms with van der Waals surface area (Å²) in [5.74, 6) is 2.20. The van der Waals surface area contributed by atoms with E-state index in [4.69, 9.17) is 4.74 Å². The van der Waals surface area contributed by atoms with Gasteiger partial charge in [-0.25, -0.2) is 9.97 Å². The van der Waals surface area contributed by atoms with Crippen LogP contribution in [0.2, 0.25) is 0 Å². The molecule has 2 rings (SSSR count). The molecule has 1 aromatic heterocycles. The van der Waals surface area contributed by atoms with Crippen molar-refractivity contribution in [2.24, 2.45) is 0 Å². The number of rotatable bonds is 3. The summed E-state index contributed by atoms with van der Waals surface area (Å²) >= 11 is 6.83. The number of aromatic nitrogens is 2. The summed E-state index contributed by atoms with van der Waals surface area (Å²) in [5, 5.41) is 3.01. The second kappa shape index (κ2) is 5.67.